The van der Waals surface area contributed by atoms with Crippen molar-refractivity contribution in [3.05, 3.63) is 52.8 Å². The zero-order chi connectivity index (χ0) is 22.5. The summed E-state index contributed by atoms with van der Waals surface area (Å²) in [6, 6.07) is 5.20. The Morgan fingerprint density at radius 1 is 1.10 bits per heavy atom. The van der Waals surface area contributed by atoms with Crippen LogP contribution in [0.4, 0.5) is 18.9 Å². The standard InChI is InChI=1S/C21H24BF3N2O3/c1-12-15(8-7-9-16(12)21(23,24)25)18(28)27-14-10-17(13(2)26-11-14)22-29-19(3,4)20(5,6)30-22/h7-11H,1-6H3,(H,27,28). The Bertz CT molecular complexity index is 974. The lowest BCUT2D eigenvalue weighted by molar-refractivity contribution is -0.138. The van der Waals surface area contributed by atoms with Crippen molar-refractivity contribution in [2.75, 3.05) is 5.32 Å². The Balaban J connectivity index is 1.88. The number of benzene rings is 1. The van der Waals surface area contributed by atoms with Gasteiger partial charge in [0.15, 0.2) is 0 Å². The molecule has 30 heavy (non-hydrogen) atoms. The minimum atomic E-state index is -4.53. The van der Waals surface area contributed by atoms with Gasteiger partial charge in [0, 0.05) is 16.7 Å². The molecule has 1 aromatic heterocycles. The maximum absolute atomic E-state index is 13.1. The maximum Gasteiger partial charge on any atom is 0.496 e. The highest BCUT2D eigenvalue weighted by Gasteiger charge is 2.52. The number of rotatable bonds is 3. The fraction of sp³-hybridized carbons (Fsp3) is 0.429. The number of halogens is 3. The van der Waals surface area contributed by atoms with E-state index in [1.165, 1.54) is 25.3 Å². The van der Waals surface area contributed by atoms with Crippen LogP contribution in [0.3, 0.4) is 0 Å². The van der Waals surface area contributed by atoms with Gasteiger partial charge in [-0.25, -0.2) is 0 Å². The van der Waals surface area contributed by atoms with Crippen molar-refractivity contribution in [2.24, 2.45) is 0 Å². The number of carbonyl (C=O) groups excluding carboxylic acids is 1. The van der Waals surface area contributed by atoms with E-state index in [-0.39, 0.29) is 11.1 Å². The number of nitrogens with zero attached hydrogens (tertiary/aromatic N) is 1. The minimum Gasteiger partial charge on any atom is -0.399 e. The highest BCUT2D eigenvalue weighted by Crippen LogP contribution is 2.37. The second-order valence-electron chi connectivity index (χ2n) is 8.42. The number of nitrogens with one attached hydrogen (secondary N) is 1. The number of hydrogen-bond acceptors (Lipinski definition) is 4. The number of aryl methyl sites for hydroxylation is 1. The first-order chi connectivity index (χ1) is 13.7. The summed E-state index contributed by atoms with van der Waals surface area (Å²) in [4.78, 5) is 17.0. The summed E-state index contributed by atoms with van der Waals surface area (Å²) in [7, 11) is -0.672. The molecule has 0 spiro atoms. The number of aromatic nitrogens is 1. The van der Waals surface area contributed by atoms with Crippen molar-refractivity contribution < 1.29 is 27.3 Å². The summed E-state index contributed by atoms with van der Waals surface area (Å²) in [5.41, 5.74) is -0.454. The van der Waals surface area contributed by atoms with Gasteiger partial charge >= 0.3 is 13.3 Å². The van der Waals surface area contributed by atoms with Crippen molar-refractivity contribution >= 4 is 24.2 Å². The van der Waals surface area contributed by atoms with Gasteiger partial charge in [-0.05, 0) is 65.3 Å². The first-order valence-corrected chi connectivity index (χ1v) is 9.53. The topological polar surface area (TPSA) is 60.5 Å². The SMILES string of the molecule is Cc1ncc(NC(=O)c2cccc(C(F)(F)F)c2C)cc1B1OC(C)(C)C(C)(C)O1. The van der Waals surface area contributed by atoms with Crippen molar-refractivity contribution in [1.29, 1.82) is 0 Å². The van der Waals surface area contributed by atoms with E-state index in [4.69, 9.17) is 9.31 Å². The lowest BCUT2D eigenvalue weighted by atomic mass is 9.78. The summed E-state index contributed by atoms with van der Waals surface area (Å²) >= 11 is 0. The van der Waals surface area contributed by atoms with Crippen LogP contribution < -0.4 is 10.8 Å². The molecule has 0 radical (unpaired) electrons. The number of alkyl halides is 3. The largest absolute Gasteiger partial charge is 0.496 e. The average Bonchev–Trinajstić information content (AvgIpc) is 2.83. The van der Waals surface area contributed by atoms with Crippen LogP contribution in [0.15, 0.2) is 30.5 Å². The molecule has 1 aliphatic rings. The summed E-state index contributed by atoms with van der Waals surface area (Å²) in [5.74, 6) is -0.649. The fourth-order valence-electron chi connectivity index (χ4n) is 3.21. The summed E-state index contributed by atoms with van der Waals surface area (Å²) < 4.78 is 51.5. The monoisotopic (exact) mass is 420 g/mol. The minimum absolute atomic E-state index is 0.0532. The van der Waals surface area contributed by atoms with Gasteiger partial charge in [0.05, 0.1) is 28.6 Å². The maximum atomic E-state index is 13.1. The van der Waals surface area contributed by atoms with Crippen molar-refractivity contribution in [3.8, 4) is 0 Å². The van der Waals surface area contributed by atoms with Crippen molar-refractivity contribution in [3.63, 3.8) is 0 Å². The van der Waals surface area contributed by atoms with E-state index in [1.54, 1.807) is 13.0 Å². The number of anilines is 1. The third-order valence-electron chi connectivity index (χ3n) is 5.77. The quantitative estimate of drug-likeness (QED) is 0.754. The van der Waals surface area contributed by atoms with Gasteiger partial charge in [0.1, 0.15) is 0 Å². The van der Waals surface area contributed by atoms with Crippen LogP contribution in [-0.4, -0.2) is 29.2 Å². The van der Waals surface area contributed by atoms with E-state index in [2.05, 4.69) is 10.3 Å². The van der Waals surface area contributed by atoms with Gasteiger partial charge in [-0.1, -0.05) is 6.07 Å². The molecule has 1 aliphatic heterocycles. The Morgan fingerprint density at radius 2 is 1.70 bits per heavy atom. The molecule has 1 saturated heterocycles. The van der Waals surface area contributed by atoms with Crippen LogP contribution in [0.1, 0.15) is 54.9 Å². The predicted octanol–water partition coefficient (Wildman–Crippen LogP) is 4.27. The molecule has 1 amide bonds. The third-order valence-corrected chi connectivity index (χ3v) is 5.77. The number of carbonyl (C=O) groups is 1. The first-order valence-electron chi connectivity index (χ1n) is 9.53. The molecule has 1 aromatic carbocycles. The molecule has 9 heteroatoms. The molecular formula is C21H24BF3N2O3. The molecule has 3 rings (SSSR count). The van der Waals surface area contributed by atoms with Gasteiger partial charge in [-0.15, -0.1) is 0 Å². The number of pyridine rings is 1. The molecule has 1 N–H and O–H groups in total. The third kappa shape index (κ3) is 4.09. The van der Waals surface area contributed by atoms with Crippen LogP contribution in [0, 0.1) is 13.8 Å². The number of hydrogen-bond donors (Lipinski definition) is 1. The van der Waals surface area contributed by atoms with Gasteiger partial charge < -0.3 is 14.6 Å². The Morgan fingerprint density at radius 3 is 2.27 bits per heavy atom. The van der Waals surface area contributed by atoms with E-state index < -0.39 is 36.0 Å². The van der Waals surface area contributed by atoms with Gasteiger partial charge in [0.2, 0.25) is 0 Å². The smallest absolute Gasteiger partial charge is 0.399 e. The number of amides is 1. The Hall–Kier alpha value is -2.39. The molecule has 0 aliphatic carbocycles. The summed E-state index contributed by atoms with van der Waals surface area (Å²) in [6.07, 6.45) is -3.08. The molecule has 0 saturated carbocycles. The lowest BCUT2D eigenvalue weighted by Crippen LogP contribution is -2.41. The molecule has 5 nitrogen and oxygen atoms in total. The van der Waals surface area contributed by atoms with Crippen LogP contribution in [0.25, 0.3) is 0 Å². The molecule has 0 atom stereocenters. The fourth-order valence-corrected chi connectivity index (χ4v) is 3.21. The Labute approximate surface area is 174 Å². The predicted molar refractivity (Wildman–Crippen MR) is 109 cm³/mol. The molecule has 160 valence electrons. The van der Waals surface area contributed by atoms with Crippen LogP contribution in [0.2, 0.25) is 0 Å². The second kappa shape index (κ2) is 7.39. The first kappa shape index (κ1) is 22.3. The lowest BCUT2D eigenvalue weighted by Gasteiger charge is -2.32. The molecule has 0 bridgehead atoms. The molecule has 1 fully saturated rings. The molecule has 2 aromatic rings. The van der Waals surface area contributed by atoms with E-state index in [1.807, 2.05) is 27.7 Å². The normalized spacial score (nSPS) is 17.8. The van der Waals surface area contributed by atoms with Gasteiger partial charge in [0.25, 0.3) is 5.91 Å². The summed E-state index contributed by atoms with van der Waals surface area (Å²) in [5, 5.41) is 2.63. The van der Waals surface area contributed by atoms with Crippen molar-refractivity contribution in [2.45, 2.75) is 58.9 Å². The van der Waals surface area contributed by atoms with E-state index in [9.17, 15) is 18.0 Å². The van der Waals surface area contributed by atoms with Gasteiger partial charge in [-0.3, -0.25) is 9.78 Å². The molecule has 0 unspecified atom stereocenters. The van der Waals surface area contributed by atoms with E-state index >= 15 is 0 Å². The van der Waals surface area contributed by atoms with Crippen LogP contribution in [0.5, 0.6) is 0 Å². The molecular weight excluding hydrogens is 396 g/mol. The average molecular weight is 420 g/mol. The van der Waals surface area contributed by atoms with Gasteiger partial charge in [-0.2, -0.15) is 13.2 Å². The highest BCUT2D eigenvalue weighted by molar-refractivity contribution is 6.62. The zero-order valence-electron chi connectivity index (χ0n) is 17.8. The van der Waals surface area contributed by atoms with Crippen molar-refractivity contribution in [1.82, 2.24) is 4.98 Å². The zero-order valence-corrected chi connectivity index (χ0v) is 17.8. The summed E-state index contributed by atoms with van der Waals surface area (Å²) in [6.45, 7) is 10.8. The highest BCUT2D eigenvalue weighted by atomic mass is 19.4. The van der Waals surface area contributed by atoms with E-state index in [0.717, 1.165) is 6.07 Å². The van der Waals surface area contributed by atoms with Crippen LogP contribution in [-0.2, 0) is 15.5 Å². The Kier molecular flexibility index (Phi) is 5.49. The molecule has 2 heterocycles. The van der Waals surface area contributed by atoms with E-state index in [0.29, 0.717) is 16.8 Å². The second-order valence-corrected chi connectivity index (χ2v) is 8.42. The van der Waals surface area contributed by atoms with Crippen LogP contribution >= 0.6 is 0 Å².